The van der Waals surface area contributed by atoms with E-state index in [2.05, 4.69) is 21.0 Å². The number of para-hydroxylation sites is 3. The molecule has 0 radical (unpaired) electrons. The summed E-state index contributed by atoms with van der Waals surface area (Å²) in [7, 11) is 0. The van der Waals surface area contributed by atoms with Crippen LogP contribution in [-0.4, -0.2) is 15.0 Å². The fraction of sp³-hybridized carbons (Fsp3) is 0. The van der Waals surface area contributed by atoms with Gasteiger partial charge in [-0.25, -0.2) is 9.97 Å². The molecular formula is C15H9N3. The van der Waals surface area contributed by atoms with Gasteiger partial charge in [-0.15, -0.1) is 0 Å². The smallest absolute Gasteiger partial charge is 0.162 e. The van der Waals surface area contributed by atoms with E-state index in [4.69, 9.17) is 0 Å². The fourth-order valence-electron chi connectivity index (χ4n) is 2.22. The predicted molar refractivity (Wildman–Crippen MR) is 71.5 cm³/mol. The first kappa shape index (κ1) is 9.48. The van der Waals surface area contributed by atoms with Gasteiger partial charge in [0.05, 0.1) is 16.6 Å². The minimum Gasteiger partial charge on any atom is -0.254 e. The molecule has 0 spiro atoms. The highest BCUT2D eigenvalue weighted by atomic mass is 14.9. The Balaban J connectivity index is 2.20. The second-order valence-corrected chi connectivity index (χ2v) is 4.22. The van der Waals surface area contributed by atoms with E-state index in [0.29, 0.717) is 0 Å². The molecular weight excluding hydrogens is 222 g/mol. The van der Waals surface area contributed by atoms with Crippen molar-refractivity contribution in [2.75, 3.05) is 0 Å². The van der Waals surface area contributed by atoms with Crippen LogP contribution in [0, 0.1) is 0 Å². The summed E-state index contributed by atoms with van der Waals surface area (Å²) in [6.07, 6.45) is 1.86. The minimum absolute atomic E-state index is 0.755. The molecule has 0 aliphatic carbocycles. The molecule has 3 nitrogen and oxygen atoms in total. The second-order valence-electron chi connectivity index (χ2n) is 4.22. The number of aromatic nitrogens is 3. The van der Waals surface area contributed by atoms with E-state index < -0.39 is 0 Å². The van der Waals surface area contributed by atoms with Crippen LogP contribution < -0.4 is 0 Å². The van der Waals surface area contributed by atoms with Crippen LogP contribution in [0.2, 0.25) is 0 Å². The summed E-state index contributed by atoms with van der Waals surface area (Å²) in [5.74, 6) is 0.755. The molecule has 2 aromatic rings. The van der Waals surface area contributed by atoms with E-state index in [0.717, 1.165) is 33.3 Å². The highest BCUT2D eigenvalue weighted by Crippen LogP contribution is 2.28. The van der Waals surface area contributed by atoms with Gasteiger partial charge in [0, 0.05) is 17.1 Å². The predicted octanol–water partition coefficient (Wildman–Crippen LogP) is 3.28. The van der Waals surface area contributed by atoms with Gasteiger partial charge in [0.1, 0.15) is 0 Å². The monoisotopic (exact) mass is 231 g/mol. The van der Waals surface area contributed by atoms with Crippen molar-refractivity contribution in [1.29, 1.82) is 0 Å². The maximum atomic E-state index is 4.60. The molecule has 0 N–H and O–H groups in total. The lowest BCUT2D eigenvalue weighted by Crippen LogP contribution is -1.77. The quantitative estimate of drug-likeness (QED) is 0.466. The zero-order valence-electron chi connectivity index (χ0n) is 9.54. The van der Waals surface area contributed by atoms with Gasteiger partial charge in [-0.2, -0.15) is 0 Å². The molecule has 0 saturated heterocycles. The maximum Gasteiger partial charge on any atom is 0.162 e. The Morgan fingerprint density at radius 2 is 1.33 bits per heavy atom. The van der Waals surface area contributed by atoms with Gasteiger partial charge in [-0.1, -0.05) is 30.3 Å². The lowest BCUT2D eigenvalue weighted by atomic mass is 10.2. The third-order valence-corrected chi connectivity index (χ3v) is 3.10. The van der Waals surface area contributed by atoms with Gasteiger partial charge in [-0.05, 0) is 18.2 Å². The van der Waals surface area contributed by atoms with Crippen molar-refractivity contribution in [3.05, 3.63) is 54.7 Å². The molecule has 2 heterocycles. The lowest BCUT2D eigenvalue weighted by molar-refractivity contribution is 1.31. The van der Waals surface area contributed by atoms with Gasteiger partial charge < -0.3 is 0 Å². The Kier molecular flexibility index (Phi) is 1.83. The van der Waals surface area contributed by atoms with Gasteiger partial charge >= 0.3 is 0 Å². The third kappa shape index (κ3) is 1.27. The molecule has 3 heteroatoms. The van der Waals surface area contributed by atoms with E-state index in [1.807, 2.05) is 48.7 Å². The molecule has 2 aliphatic heterocycles. The van der Waals surface area contributed by atoms with Gasteiger partial charge in [0.25, 0.3) is 0 Å². The topological polar surface area (TPSA) is 38.7 Å². The molecule has 18 heavy (non-hydrogen) atoms. The summed E-state index contributed by atoms with van der Waals surface area (Å²) < 4.78 is 0. The number of fused-ring (bicyclic) bond motifs is 4. The molecule has 0 unspecified atom stereocenters. The van der Waals surface area contributed by atoms with Crippen molar-refractivity contribution in [2.45, 2.75) is 0 Å². The third-order valence-electron chi connectivity index (χ3n) is 3.10. The Morgan fingerprint density at radius 3 is 2.22 bits per heavy atom. The summed E-state index contributed by atoms with van der Waals surface area (Å²) in [5, 5.41) is 1.10. The molecule has 0 saturated carbocycles. The van der Waals surface area contributed by atoms with Crippen LogP contribution in [0.4, 0.5) is 0 Å². The van der Waals surface area contributed by atoms with Crippen LogP contribution in [0.15, 0.2) is 54.7 Å². The number of hydrogen-bond donors (Lipinski definition) is 0. The zero-order valence-corrected chi connectivity index (χ0v) is 9.54. The first-order valence-electron chi connectivity index (χ1n) is 5.82. The first-order valence-corrected chi connectivity index (χ1v) is 5.82. The van der Waals surface area contributed by atoms with Crippen molar-refractivity contribution < 1.29 is 0 Å². The minimum atomic E-state index is 0.755. The lowest BCUT2D eigenvalue weighted by Gasteiger charge is -1.88. The highest BCUT2D eigenvalue weighted by molar-refractivity contribution is 5.96. The standard InChI is InChI=1S/C15H9N3/c1-2-6-12-10(5-1)11-9-16-13-7-3-4-8-14(13)18-15(11)17-12/h1-9H. The zero-order chi connectivity index (χ0) is 11.9. The summed E-state index contributed by atoms with van der Waals surface area (Å²) >= 11 is 0. The second kappa shape index (κ2) is 3.47. The fourth-order valence-corrected chi connectivity index (χ4v) is 2.22. The Hall–Kier alpha value is -2.55. The largest absolute Gasteiger partial charge is 0.254 e. The molecule has 4 rings (SSSR count). The normalized spacial score (nSPS) is 11.3. The number of nitrogens with zero attached hydrogens (tertiary/aromatic N) is 3. The number of benzene rings is 2. The maximum absolute atomic E-state index is 4.60. The molecule has 2 aliphatic rings. The number of rotatable bonds is 0. The van der Waals surface area contributed by atoms with Crippen LogP contribution in [0.5, 0.6) is 0 Å². The molecule has 0 aromatic heterocycles. The summed E-state index contributed by atoms with van der Waals surface area (Å²) in [5.41, 5.74) is 3.73. The van der Waals surface area contributed by atoms with Gasteiger partial charge in [0.2, 0.25) is 0 Å². The van der Waals surface area contributed by atoms with E-state index in [1.165, 1.54) is 0 Å². The summed E-state index contributed by atoms with van der Waals surface area (Å²) in [6.45, 7) is 0. The van der Waals surface area contributed by atoms with E-state index in [9.17, 15) is 0 Å². The van der Waals surface area contributed by atoms with Crippen molar-refractivity contribution in [2.24, 2.45) is 0 Å². The van der Waals surface area contributed by atoms with E-state index in [-0.39, 0.29) is 0 Å². The first-order chi connectivity index (χ1) is 8.92. The van der Waals surface area contributed by atoms with Crippen LogP contribution in [-0.2, 0) is 0 Å². The van der Waals surface area contributed by atoms with Crippen LogP contribution in [0.3, 0.4) is 0 Å². The summed E-state index contributed by atoms with van der Waals surface area (Å²) in [6, 6.07) is 15.9. The SMILES string of the molecule is c1ccc2nc3nc4ccccc4c-3cnc2c1. The molecule has 0 fully saturated rings. The van der Waals surface area contributed by atoms with Crippen LogP contribution >= 0.6 is 0 Å². The van der Waals surface area contributed by atoms with Gasteiger partial charge in [0.15, 0.2) is 5.82 Å². The molecule has 2 aromatic carbocycles. The molecule has 0 bridgehead atoms. The highest BCUT2D eigenvalue weighted by Gasteiger charge is 2.12. The average Bonchev–Trinajstić information content (AvgIpc) is 2.65. The van der Waals surface area contributed by atoms with Crippen molar-refractivity contribution in [1.82, 2.24) is 15.0 Å². The van der Waals surface area contributed by atoms with E-state index in [1.54, 1.807) is 0 Å². The average molecular weight is 231 g/mol. The molecule has 0 atom stereocenters. The van der Waals surface area contributed by atoms with Crippen molar-refractivity contribution >= 4 is 21.9 Å². The Bertz CT molecular complexity index is 833. The Labute approximate surface area is 103 Å². The Morgan fingerprint density at radius 1 is 0.667 bits per heavy atom. The molecule has 0 amide bonds. The molecule has 84 valence electrons. The van der Waals surface area contributed by atoms with Crippen LogP contribution in [0.25, 0.3) is 33.3 Å². The summed E-state index contributed by atoms with van der Waals surface area (Å²) in [4.78, 5) is 13.6. The van der Waals surface area contributed by atoms with E-state index >= 15 is 0 Å². The van der Waals surface area contributed by atoms with Crippen LogP contribution in [0.1, 0.15) is 0 Å². The van der Waals surface area contributed by atoms with Crippen molar-refractivity contribution in [3.63, 3.8) is 0 Å². The number of hydrogen-bond acceptors (Lipinski definition) is 3. The van der Waals surface area contributed by atoms with Gasteiger partial charge in [-0.3, -0.25) is 4.98 Å². The van der Waals surface area contributed by atoms with Crippen molar-refractivity contribution in [3.8, 4) is 11.4 Å².